The lowest BCUT2D eigenvalue weighted by Crippen LogP contribution is -2.74. The van der Waals surface area contributed by atoms with E-state index in [2.05, 4.69) is 54.5 Å². The van der Waals surface area contributed by atoms with Gasteiger partial charge < -0.3 is 25.2 Å². The van der Waals surface area contributed by atoms with Crippen LogP contribution < -0.4 is 0 Å². The summed E-state index contributed by atoms with van der Waals surface area (Å²) in [5.74, 6) is 0.0104. The molecule has 4 fully saturated rings. The number of allylic oxidation sites excluding steroid dienone is 2. The van der Waals surface area contributed by atoms with E-state index >= 15 is 0 Å². The lowest BCUT2D eigenvalue weighted by molar-refractivity contribution is -0.274. The van der Waals surface area contributed by atoms with Crippen LogP contribution in [0.4, 0.5) is 0 Å². The molecule has 0 radical (unpaired) electrons. The summed E-state index contributed by atoms with van der Waals surface area (Å²) < 4.78 is 6.14. The van der Waals surface area contributed by atoms with E-state index in [1.54, 1.807) is 19.9 Å². The number of ether oxygens (including phenoxy) is 1. The second-order valence-corrected chi connectivity index (χ2v) is 16.7. The summed E-state index contributed by atoms with van der Waals surface area (Å²) in [7, 11) is 0. The fourth-order valence-corrected chi connectivity index (χ4v) is 11.4. The summed E-state index contributed by atoms with van der Waals surface area (Å²) in [6.45, 7) is 18.9. The van der Waals surface area contributed by atoms with Crippen molar-refractivity contribution in [1.29, 1.82) is 0 Å². The summed E-state index contributed by atoms with van der Waals surface area (Å²) >= 11 is 0. The first-order valence-electron chi connectivity index (χ1n) is 16.1. The first-order valence-corrected chi connectivity index (χ1v) is 16.1. The molecule has 4 unspecified atom stereocenters. The molecular formula is C35H56O6. The molecule has 0 aromatic heterocycles. The molecule has 0 aliphatic heterocycles. The number of aliphatic hydroxyl groups excluding tert-OH is 4. The number of rotatable bonds is 3. The lowest BCUT2D eigenvalue weighted by Gasteiger charge is -2.73. The highest BCUT2D eigenvalue weighted by molar-refractivity contribution is 5.87. The molecule has 0 aromatic carbocycles. The summed E-state index contributed by atoms with van der Waals surface area (Å²) in [6, 6.07) is 0. The maximum absolute atomic E-state index is 13.1. The molecule has 232 valence electrons. The van der Waals surface area contributed by atoms with Crippen molar-refractivity contribution in [1.82, 2.24) is 0 Å². The molecular weight excluding hydrogens is 516 g/mol. The highest BCUT2D eigenvalue weighted by atomic mass is 16.5. The van der Waals surface area contributed by atoms with Gasteiger partial charge >= 0.3 is 5.97 Å². The minimum atomic E-state index is -1.25. The Balaban J connectivity index is 1.64. The Hall–Kier alpha value is -1.21. The molecule has 0 spiro atoms. The Morgan fingerprint density at radius 2 is 1.63 bits per heavy atom. The van der Waals surface area contributed by atoms with Crippen molar-refractivity contribution in [3.63, 3.8) is 0 Å². The Bertz CT molecular complexity index is 1140. The molecule has 4 N–H and O–H groups in total. The third kappa shape index (κ3) is 3.92. The Kier molecular flexibility index (Phi) is 7.34. The van der Waals surface area contributed by atoms with Crippen LogP contribution in [-0.4, -0.2) is 57.4 Å². The van der Waals surface area contributed by atoms with Crippen molar-refractivity contribution in [2.45, 2.75) is 132 Å². The van der Waals surface area contributed by atoms with Gasteiger partial charge in [-0.25, -0.2) is 4.79 Å². The maximum atomic E-state index is 13.1. The first kappa shape index (κ1) is 31.2. The third-order valence-corrected chi connectivity index (χ3v) is 14.2. The molecule has 41 heavy (non-hydrogen) atoms. The number of aliphatic hydroxyl groups is 4. The topological polar surface area (TPSA) is 107 Å². The zero-order chi connectivity index (χ0) is 30.6. The zero-order valence-corrected chi connectivity index (χ0v) is 27.0. The number of hydrogen-bond acceptors (Lipinski definition) is 6. The molecule has 5 aliphatic rings. The van der Waals surface area contributed by atoms with Gasteiger partial charge in [0, 0.05) is 11.0 Å². The van der Waals surface area contributed by atoms with E-state index in [1.165, 1.54) is 0 Å². The van der Waals surface area contributed by atoms with Gasteiger partial charge in [-0.15, -0.1) is 0 Å². The lowest BCUT2D eigenvalue weighted by atomic mass is 9.32. The summed E-state index contributed by atoms with van der Waals surface area (Å²) in [6.07, 6.45) is 6.44. The Morgan fingerprint density at radius 1 is 0.976 bits per heavy atom. The van der Waals surface area contributed by atoms with Crippen LogP contribution in [-0.2, 0) is 9.53 Å². The van der Waals surface area contributed by atoms with Gasteiger partial charge in [-0.05, 0) is 98.2 Å². The van der Waals surface area contributed by atoms with Crippen LogP contribution in [0.3, 0.4) is 0 Å². The molecule has 5 aliphatic carbocycles. The average Bonchev–Trinajstić information content (AvgIpc) is 2.89. The molecule has 11 atom stereocenters. The first-order chi connectivity index (χ1) is 18.9. The van der Waals surface area contributed by atoms with Gasteiger partial charge in [0.1, 0.15) is 6.10 Å². The second kappa shape index (κ2) is 9.64. The van der Waals surface area contributed by atoms with Gasteiger partial charge in [0.2, 0.25) is 0 Å². The Labute approximate surface area is 247 Å². The molecule has 6 nitrogen and oxygen atoms in total. The van der Waals surface area contributed by atoms with Crippen LogP contribution in [0.2, 0.25) is 0 Å². The number of carbonyl (C=O) groups is 1. The normalized spacial score (nSPS) is 50.4. The summed E-state index contributed by atoms with van der Waals surface area (Å²) in [5.41, 5.74) is -0.885. The zero-order valence-electron chi connectivity index (χ0n) is 27.0. The number of fused-ring (bicyclic) bond motifs is 7. The van der Waals surface area contributed by atoms with E-state index in [4.69, 9.17) is 4.74 Å². The quantitative estimate of drug-likeness (QED) is 0.200. The molecule has 4 saturated carbocycles. The van der Waals surface area contributed by atoms with Crippen molar-refractivity contribution in [3.05, 3.63) is 23.3 Å². The van der Waals surface area contributed by atoms with Crippen molar-refractivity contribution in [2.24, 2.45) is 50.2 Å². The smallest absolute Gasteiger partial charge is 0.333 e. The number of hydrogen-bond donors (Lipinski definition) is 4. The number of carbonyl (C=O) groups excluding carboxylic acids is 1. The van der Waals surface area contributed by atoms with Gasteiger partial charge in [0.05, 0.1) is 30.3 Å². The van der Waals surface area contributed by atoms with E-state index in [0.717, 1.165) is 44.1 Å². The van der Waals surface area contributed by atoms with Gasteiger partial charge in [0.15, 0.2) is 0 Å². The van der Waals surface area contributed by atoms with Gasteiger partial charge in [0.25, 0.3) is 0 Å². The predicted octanol–water partition coefficient (Wildman–Crippen LogP) is 5.57. The molecule has 0 aromatic rings. The molecule has 0 saturated heterocycles. The van der Waals surface area contributed by atoms with E-state index in [-0.39, 0.29) is 40.3 Å². The molecule has 0 heterocycles. The van der Waals surface area contributed by atoms with E-state index in [1.807, 2.05) is 0 Å². The highest BCUT2D eigenvalue weighted by Crippen LogP contribution is 2.75. The minimum Gasteiger partial charge on any atom is -0.458 e. The van der Waals surface area contributed by atoms with Crippen LogP contribution in [0.15, 0.2) is 23.3 Å². The standard InChI is InChI=1S/C35H56O6/c1-10-20(2)29(40)41-26-18-30(3,4)17-22-21-11-12-24-32(7)15-14-25(37)31(5,6)23(32)13-16-33(24,8)34(21,9)27(38)28(39)35(22,26)19-36/h10-11,22-28,36-39H,12-19H2,1-9H3/b20-10+/t22-,23-,24+,25?,26?,27?,28?,32-,33+,34-,35+/m0/s1. The summed E-state index contributed by atoms with van der Waals surface area (Å²) in [4.78, 5) is 13.1. The van der Waals surface area contributed by atoms with Crippen molar-refractivity contribution >= 4 is 5.97 Å². The van der Waals surface area contributed by atoms with E-state index in [9.17, 15) is 25.2 Å². The monoisotopic (exact) mass is 572 g/mol. The van der Waals surface area contributed by atoms with Crippen molar-refractivity contribution < 1.29 is 30.0 Å². The fourth-order valence-electron chi connectivity index (χ4n) is 11.4. The van der Waals surface area contributed by atoms with Crippen LogP contribution in [0.5, 0.6) is 0 Å². The molecule has 0 amide bonds. The van der Waals surface area contributed by atoms with Crippen molar-refractivity contribution in [3.8, 4) is 0 Å². The molecule has 5 rings (SSSR count). The largest absolute Gasteiger partial charge is 0.458 e. The van der Waals surface area contributed by atoms with Gasteiger partial charge in [-0.1, -0.05) is 66.2 Å². The SMILES string of the molecule is C/C=C(\C)C(=O)OC1CC(C)(C)C[C@H]2C3=CC[C@@H]4[C@@]5(C)CCC(O)C(C)(C)[C@@H]5CC[C@@]4(C)[C@]3(C)C(O)C(O)[C@@]12CO. The molecule has 6 heteroatoms. The average molecular weight is 573 g/mol. The van der Waals surface area contributed by atoms with E-state index in [0.29, 0.717) is 23.8 Å². The fraction of sp³-hybridized carbons (Fsp3) is 0.857. The maximum Gasteiger partial charge on any atom is 0.333 e. The third-order valence-electron chi connectivity index (χ3n) is 14.2. The van der Waals surface area contributed by atoms with Gasteiger partial charge in [-0.3, -0.25) is 0 Å². The minimum absolute atomic E-state index is 0.00483. The summed E-state index contributed by atoms with van der Waals surface area (Å²) in [5, 5.41) is 46.7. The van der Waals surface area contributed by atoms with E-state index < -0.39 is 35.1 Å². The van der Waals surface area contributed by atoms with Crippen molar-refractivity contribution in [2.75, 3.05) is 6.61 Å². The molecule has 0 bridgehead atoms. The van der Waals surface area contributed by atoms with Crippen LogP contribution in [0, 0.1) is 50.2 Å². The predicted molar refractivity (Wildman–Crippen MR) is 160 cm³/mol. The van der Waals surface area contributed by atoms with Crippen LogP contribution in [0.25, 0.3) is 0 Å². The van der Waals surface area contributed by atoms with Crippen LogP contribution in [0.1, 0.15) is 107 Å². The second-order valence-electron chi connectivity index (χ2n) is 16.7. The highest BCUT2D eigenvalue weighted by Gasteiger charge is 2.74. The Morgan fingerprint density at radius 3 is 2.24 bits per heavy atom. The number of esters is 1. The van der Waals surface area contributed by atoms with Crippen LogP contribution >= 0.6 is 0 Å². The van der Waals surface area contributed by atoms with Gasteiger partial charge in [-0.2, -0.15) is 0 Å².